The average Bonchev–Trinajstić information content (AvgIpc) is 3.37. The average molecular weight is 578 g/mol. The van der Waals surface area contributed by atoms with Crippen molar-refractivity contribution in [2.75, 3.05) is 34.8 Å². The quantitative estimate of drug-likeness (QED) is 0.366. The first-order valence-electron chi connectivity index (χ1n) is 13.8. The Balaban J connectivity index is 1.24. The van der Waals surface area contributed by atoms with Gasteiger partial charge in [-0.25, -0.2) is 0 Å². The van der Waals surface area contributed by atoms with Crippen molar-refractivity contribution < 1.29 is 9.90 Å². The number of nitrogens with one attached hydrogen (secondary N) is 1. The van der Waals surface area contributed by atoms with E-state index < -0.39 is 0 Å². The number of piperidine rings is 1. The molecule has 8 nitrogen and oxygen atoms in total. The van der Waals surface area contributed by atoms with E-state index in [-0.39, 0.29) is 17.2 Å². The summed E-state index contributed by atoms with van der Waals surface area (Å²) in [4.78, 5) is 31.8. The molecule has 0 spiro atoms. The molecule has 3 aliphatic rings. The van der Waals surface area contributed by atoms with E-state index >= 15 is 0 Å². The van der Waals surface area contributed by atoms with Gasteiger partial charge in [0.1, 0.15) is 11.6 Å². The maximum atomic E-state index is 13.3. The molecular weight excluding hydrogens is 544 g/mol. The van der Waals surface area contributed by atoms with Gasteiger partial charge in [0.15, 0.2) is 0 Å². The summed E-state index contributed by atoms with van der Waals surface area (Å²) in [7, 11) is 0. The van der Waals surface area contributed by atoms with Crippen LogP contribution in [0.4, 0.5) is 23.3 Å². The van der Waals surface area contributed by atoms with Crippen molar-refractivity contribution >= 4 is 45.1 Å². The van der Waals surface area contributed by atoms with Gasteiger partial charge in [0.05, 0.1) is 5.56 Å². The zero-order valence-electron chi connectivity index (χ0n) is 21.5. The molecule has 6 rings (SSSR count). The maximum Gasteiger partial charge on any atom is 0.262 e. The van der Waals surface area contributed by atoms with Crippen LogP contribution in [0.5, 0.6) is 5.75 Å². The molecule has 2 fully saturated rings. The van der Waals surface area contributed by atoms with Crippen LogP contribution in [-0.4, -0.2) is 45.6 Å². The highest BCUT2D eigenvalue weighted by Gasteiger charge is 2.28. The first-order valence-corrected chi connectivity index (χ1v) is 14.6. The standard InChI is InChI=1S/C29H33BrN6O2/c30-21-9-12-24-20(17-21)13-16-36(24)27(38)23-11-10-22(18-25(23)37)31-28-32-26(19-7-3-1-4-8-19)33-29(34-28)35-14-5-2-6-15-35/h9-12,17-19,37H,1-8,13-16H2,(H,31,32,33,34). The molecule has 0 radical (unpaired) electrons. The third-order valence-corrected chi connectivity index (χ3v) is 8.41. The monoisotopic (exact) mass is 576 g/mol. The van der Waals surface area contributed by atoms with E-state index in [0.717, 1.165) is 72.7 Å². The number of halogens is 1. The van der Waals surface area contributed by atoms with Gasteiger partial charge in [0.25, 0.3) is 5.91 Å². The lowest BCUT2D eigenvalue weighted by atomic mass is 9.89. The number of phenols is 1. The predicted molar refractivity (Wildman–Crippen MR) is 153 cm³/mol. The van der Waals surface area contributed by atoms with Gasteiger partial charge in [-0.3, -0.25) is 4.79 Å². The second-order valence-corrected chi connectivity index (χ2v) is 11.5. The van der Waals surface area contributed by atoms with Crippen LogP contribution in [0.1, 0.15) is 79.0 Å². The lowest BCUT2D eigenvalue weighted by Crippen LogP contribution is -2.32. The van der Waals surface area contributed by atoms with E-state index in [4.69, 9.17) is 15.0 Å². The number of aromatic nitrogens is 3. The molecule has 9 heteroatoms. The van der Waals surface area contributed by atoms with Crippen LogP contribution >= 0.6 is 15.9 Å². The van der Waals surface area contributed by atoms with Crippen LogP contribution in [0.15, 0.2) is 40.9 Å². The molecule has 38 heavy (non-hydrogen) atoms. The summed E-state index contributed by atoms with van der Waals surface area (Å²) >= 11 is 3.50. The Bertz CT molecular complexity index is 1300. The fourth-order valence-corrected chi connectivity index (χ4v) is 6.27. The van der Waals surface area contributed by atoms with Crippen molar-refractivity contribution in [1.82, 2.24) is 15.0 Å². The summed E-state index contributed by atoms with van der Waals surface area (Å²) in [5, 5.41) is 14.1. The minimum atomic E-state index is -0.206. The van der Waals surface area contributed by atoms with Crippen LogP contribution < -0.4 is 15.1 Å². The minimum Gasteiger partial charge on any atom is -0.507 e. The number of phenolic OH excluding ortho intramolecular Hbond substituents is 1. The second kappa shape index (κ2) is 10.9. The summed E-state index contributed by atoms with van der Waals surface area (Å²) < 4.78 is 0.997. The molecule has 2 aromatic carbocycles. The number of fused-ring (bicyclic) bond motifs is 1. The minimum absolute atomic E-state index is 0.0663. The number of aromatic hydroxyl groups is 1. The van der Waals surface area contributed by atoms with Crippen LogP contribution in [-0.2, 0) is 6.42 Å². The highest BCUT2D eigenvalue weighted by atomic mass is 79.9. The number of carbonyl (C=O) groups excluding carboxylic acids is 1. The fourth-order valence-electron chi connectivity index (χ4n) is 5.86. The van der Waals surface area contributed by atoms with Crippen LogP contribution in [0.25, 0.3) is 0 Å². The van der Waals surface area contributed by atoms with Crippen LogP contribution in [0.3, 0.4) is 0 Å². The van der Waals surface area contributed by atoms with E-state index in [0.29, 0.717) is 24.1 Å². The predicted octanol–water partition coefficient (Wildman–Crippen LogP) is 6.32. The van der Waals surface area contributed by atoms with Gasteiger partial charge in [-0.15, -0.1) is 0 Å². The number of rotatable bonds is 5. The van der Waals surface area contributed by atoms with E-state index in [1.807, 2.05) is 18.2 Å². The molecule has 1 saturated heterocycles. The Labute approximate surface area is 231 Å². The maximum absolute atomic E-state index is 13.3. The first-order chi connectivity index (χ1) is 18.5. The molecule has 2 aliphatic heterocycles. The Hall–Kier alpha value is -3.20. The molecule has 0 bridgehead atoms. The number of hydrogen-bond donors (Lipinski definition) is 2. The molecular formula is C29H33BrN6O2. The van der Waals surface area contributed by atoms with Gasteiger partial charge in [-0.05, 0) is 74.4 Å². The zero-order chi connectivity index (χ0) is 26.1. The Morgan fingerprint density at radius 2 is 1.71 bits per heavy atom. The number of nitrogens with zero attached hydrogens (tertiary/aromatic N) is 5. The molecule has 2 N–H and O–H groups in total. The van der Waals surface area contributed by atoms with Crippen molar-refractivity contribution in [3.05, 3.63) is 57.8 Å². The summed E-state index contributed by atoms with van der Waals surface area (Å²) in [6.45, 7) is 2.52. The van der Waals surface area contributed by atoms with Gasteiger partial charge < -0.3 is 20.2 Å². The smallest absolute Gasteiger partial charge is 0.262 e. The highest BCUT2D eigenvalue weighted by molar-refractivity contribution is 9.10. The van der Waals surface area contributed by atoms with Gasteiger partial charge in [0, 0.05) is 47.5 Å². The molecule has 1 amide bonds. The number of benzene rings is 2. The third kappa shape index (κ3) is 5.21. The number of anilines is 4. The molecule has 0 atom stereocenters. The Kier molecular flexibility index (Phi) is 7.19. The molecule has 0 unspecified atom stereocenters. The van der Waals surface area contributed by atoms with Crippen molar-refractivity contribution in [1.29, 1.82) is 0 Å². The number of carbonyl (C=O) groups is 1. The van der Waals surface area contributed by atoms with Crippen molar-refractivity contribution in [3.8, 4) is 5.75 Å². The van der Waals surface area contributed by atoms with Crippen molar-refractivity contribution in [2.24, 2.45) is 0 Å². The third-order valence-electron chi connectivity index (χ3n) is 7.92. The highest BCUT2D eigenvalue weighted by Crippen LogP contribution is 2.35. The van der Waals surface area contributed by atoms with Crippen LogP contribution in [0.2, 0.25) is 0 Å². The van der Waals surface area contributed by atoms with Gasteiger partial charge in [-0.1, -0.05) is 35.2 Å². The van der Waals surface area contributed by atoms with Gasteiger partial charge in [-0.2, -0.15) is 15.0 Å². The van der Waals surface area contributed by atoms with E-state index in [1.165, 1.54) is 25.7 Å². The molecule has 198 valence electrons. The van der Waals surface area contributed by atoms with Gasteiger partial charge >= 0.3 is 0 Å². The van der Waals surface area contributed by atoms with Crippen molar-refractivity contribution in [3.63, 3.8) is 0 Å². The number of amides is 1. The summed E-state index contributed by atoms with van der Waals surface area (Å²) in [6, 6.07) is 11.0. The summed E-state index contributed by atoms with van der Waals surface area (Å²) in [5.41, 5.74) is 2.93. The molecule has 1 aliphatic carbocycles. The molecule has 3 aromatic rings. The van der Waals surface area contributed by atoms with E-state index in [9.17, 15) is 9.90 Å². The Morgan fingerprint density at radius 3 is 2.50 bits per heavy atom. The normalized spacial score (nSPS) is 17.9. The largest absolute Gasteiger partial charge is 0.507 e. The van der Waals surface area contributed by atoms with Crippen molar-refractivity contribution in [2.45, 2.75) is 63.7 Å². The summed E-state index contributed by atoms with van der Waals surface area (Å²) in [5.74, 6) is 2.16. The Morgan fingerprint density at radius 1 is 0.921 bits per heavy atom. The SMILES string of the molecule is O=C(c1ccc(Nc2nc(C3CCCCC3)nc(N3CCCCC3)n2)cc1O)N1CCc2cc(Br)ccc21. The lowest BCUT2D eigenvalue weighted by Gasteiger charge is -2.28. The van der Waals surface area contributed by atoms with Crippen LogP contribution in [0, 0.1) is 0 Å². The molecule has 3 heterocycles. The number of hydrogen-bond acceptors (Lipinski definition) is 7. The first kappa shape index (κ1) is 25.1. The summed E-state index contributed by atoms with van der Waals surface area (Å²) in [6.07, 6.45) is 10.2. The van der Waals surface area contributed by atoms with E-state index in [2.05, 4.69) is 26.1 Å². The van der Waals surface area contributed by atoms with Gasteiger partial charge in [0.2, 0.25) is 11.9 Å². The lowest BCUT2D eigenvalue weighted by molar-refractivity contribution is 0.0987. The molecule has 1 aromatic heterocycles. The second-order valence-electron chi connectivity index (χ2n) is 10.5. The topological polar surface area (TPSA) is 94.5 Å². The fraction of sp³-hybridized carbons (Fsp3) is 0.448. The zero-order valence-corrected chi connectivity index (χ0v) is 23.1. The van der Waals surface area contributed by atoms with E-state index in [1.54, 1.807) is 23.1 Å². The molecule has 1 saturated carbocycles.